The Balaban J connectivity index is 1.77. The Hall–Kier alpha value is -1.64. The SMILES string of the molecule is CC1(C)CNC(c2ccccc2)CN1Cc1ccccc1. The second-order valence-electron chi connectivity index (χ2n) is 6.52. The van der Waals surface area contributed by atoms with E-state index in [-0.39, 0.29) is 5.54 Å². The molecule has 1 heterocycles. The summed E-state index contributed by atoms with van der Waals surface area (Å²) in [6, 6.07) is 22.0. The molecule has 1 N–H and O–H groups in total. The highest BCUT2D eigenvalue weighted by atomic mass is 15.3. The number of nitrogens with one attached hydrogen (secondary N) is 1. The minimum atomic E-state index is 0.182. The first-order chi connectivity index (χ1) is 10.1. The summed E-state index contributed by atoms with van der Waals surface area (Å²) in [5, 5.41) is 3.70. The molecule has 0 aromatic heterocycles. The molecule has 0 bridgehead atoms. The van der Waals surface area contributed by atoms with Crippen LogP contribution in [0.5, 0.6) is 0 Å². The molecule has 0 radical (unpaired) electrons. The van der Waals surface area contributed by atoms with Gasteiger partial charge in [0.25, 0.3) is 0 Å². The summed E-state index contributed by atoms with van der Waals surface area (Å²) >= 11 is 0. The van der Waals surface area contributed by atoms with Crippen LogP contribution in [0.2, 0.25) is 0 Å². The molecular formula is C19H24N2. The fourth-order valence-electron chi connectivity index (χ4n) is 3.01. The van der Waals surface area contributed by atoms with Gasteiger partial charge in [0.05, 0.1) is 0 Å². The van der Waals surface area contributed by atoms with Gasteiger partial charge in [0, 0.05) is 31.2 Å². The first kappa shape index (κ1) is 14.3. The van der Waals surface area contributed by atoms with Crippen LogP contribution in [0.25, 0.3) is 0 Å². The van der Waals surface area contributed by atoms with Crippen molar-refractivity contribution < 1.29 is 0 Å². The zero-order valence-corrected chi connectivity index (χ0v) is 12.9. The molecule has 110 valence electrons. The lowest BCUT2D eigenvalue weighted by Crippen LogP contribution is -2.58. The van der Waals surface area contributed by atoms with E-state index in [0.717, 1.165) is 19.6 Å². The molecule has 2 heteroatoms. The molecule has 3 rings (SSSR count). The van der Waals surface area contributed by atoms with Crippen LogP contribution in [0, 0.1) is 0 Å². The van der Waals surface area contributed by atoms with Gasteiger partial charge in [0.1, 0.15) is 0 Å². The maximum Gasteiger partial charge on any atom is 0.0450 e. The van der Waals surface area contributed by atoms with Crippen LogP contribution in [0.1, 0.15) is 31.0 Å². The summed E-state index contributed by atoms with van der Waals surface area (Å²) in [6.45, 7) is 7.72. The lowest BCUT2D eigenvalue weighted by Gasteiger charge is -2.46. The quantitative estimate of drug-likeness (QED) is 0.924. The van der Waals surface area contributed by atoms with Crippen molar-refractivity contribution in [2.75, 3.05) is 13.1 Å². The van der Waals surface area contributed by atoms with Crippen LogP contribution in [0.15, 0.2) is 60.7 Å². The maximum atomic E-state index is 3.70. The van der Waals surface area contributed by atoms with Gasteiger partial charge in [-0.3, -0.25) is 4.90 Å². The highest BCUT2D eigenvalue weighted by molar-refractivity contribution is 5.21. The van der Waals surface area contributed by atoms with Crippen LogP contribution >= 0.6 is 0 Å². The minimum Gasteiger partial charge on any atom is -0.307 e. The van der Waals surface area contributed by atoms with Gasteiger partial charge in [-0.05, 0) is 25.0 Å². The van der Waals surface area contributed by atoms with Crippen LogP contribution in [-0.2, 0) is 6.54 Å². The van der Waals surface area contributed by atoms with Crippen LogP contribution in [0.3, 0.4) is 0 Å². The molecule has 0 spiro atoms. The van der Waals surface area contributed by atoms with Gasteiger partial charge in [0.15, 0.2) is 0 Å². The number of piperazine rings is 1. The second-order valence-corrected chi connectivity index (χ2v) is 6.52. The van der Waals surface area contributed by atoms with Gasteiger partial charge in [-0.25, -0.2) is 0 Å². The van der Waals surface area contributed by atoms with Gasteiger partial charge in [0.2, 0.25) is 0 Å². The van der Waals surface area contributed by atoms with Crippen molar-refractivity contribution in [1.82, 2.24) is 10.2 Å². The monoisotopic (exact) mass is 280 g/mol. The van der Waals surface area contributed by atoms with E-state index < -0.39 is 0 Å². The lowest BCUT2D eigenvalue weighted by molar-refractivity contribution is 0.0583. The van der Waals surface area contributed by atoms with Gasteiger partial charge < -0.3 is 5.32 Å². The topological polar surface area (TPSA) is 15.3 Å². The molecule has 1 unspecified atom stereocenters. The van der Waals surface area contributed by atoms with Crippen LogP contribution < -0.4 is 5.32 Å². The number of hydrogen-bond acceptors (Lipinski definition) is 2. The Morgan fingerprint density at radius 2 is 1.62 bits per heavy atom. The highest BCUT2D eigenvalue weighted by Gasteiger charge is 2.34. The van der Waals surface area contributed by atoms with Crippen molar-refractivity contribution in [1.29, 1.82) is 0 Å². The number of nitrogens with zero attached hydrogens (tertiary/aromatic N) is 1. The predicted molar refractivity (Wildman–Crippen MR) is 88.1 cm³/mol. The summed E-state index contributed by atoms with van der Waals surface area (Å²) in [7, 11) is 0. The normalized spacial score (nSPS) is 22.1. The maximum absolute atomic E-state index is 3.70. The van der Waals surface area contributed by atoms with Gasteiger partial charge in [-0.15, -0.1) is 0 Å². The molecule has 0 amide bonds. The fraction of sp³-hybridized carbons (Fsp3) is 0.368. The van der Waals surface area contributed by atoms with Gasteiger partial charge >= 0.3 is 0 Å². The third-order valence-electron chi connectivity index (χ3n) is 4.46. The lowest BCUT2D eigenvalue weighted by atomic mass is 9.93. The Kier molecular flexibility index (Phi) is 4.09. The Morgan fingerprint density at radius 1 is 1.00 bits per heavy atom. The third-order valence-corrected chi connectivity index (χ3v) is 4.46. The largest absolute Gasteiger partial charge is 0.307 e. The van der Waals surface area contributed by atoms with E-state index in [0.29, 0.717) is 6.04 Å². The standard InChI is InChI=1S/C19H24N2/c1-19(2)15-20-18(17-11-7-4-8-12-17)14-21(19)13-16-9-5-3-6-10-16/h3-12,18,20H,13-15H2,1-2H3. The predicted octanol–water partition coefficient (Wildman–Crippen LogP) is 3.61. The van der Waals surface area contributed by atoms with Crippen molar-refractivity contribution in [2.45, 2.75) is 32.0 Å². The smallest absolute Gasteiger partial charge is 0.0450 e. The Morgan fingerprint density at radius 3 is 2.29 bits per heavy atom. The van der Waals surface area contributed by atoms with Crippen molar-refractivity contribution in [3.63, 3.8) is 0 Å². The molecule has 1 saturated heterocycles. The number of hydrogen-bond donors (Lipinski definition) is 1. The molecule has 2 nitrogen and oxygen atoms in total. The highest BCUT2D eigenvalue weighted by Crippen LogP contribution is 2.27. The van der Waals surface area contributed by atoms with Crippen LogP contribution in [-0.4, -0.2) is 23.5 Å². The van der Waals surface area contributed by atoms with Gasteiger partial charge in [-0.1, -0.05) is 60.7 Å². The van der Waals surface area contributed by atoms with E-state index in [1.54, 1.807) is 0 Å². The average Bonchev–Trinajstić information content (AvgIpc) is 2.51. The summed E-state index contributed by atoms with van der Waals surface area (Å²) in [5.41, 5.74) is 2.95. The molecule has 0 saturated carbocycles. The zero-order valence-electron chi connectivity index (χ0n) is 12.9. The van der Waals surface area contributed by atoms with Crippen LogP contribution in [0.4, 0.5) is 0 Å². The summed E-state index contributed by atoms with van der Waals surface area (Å²) in [5.74, 6) is 0. The molecule has 1 fully saturated rings. The summed E-state index contributed by atoms with van der Waals surface area (Å²) in [4.78, 5) is 2.59. The second kappa shape index (κ2) is 6.00. The zero-order chi connectivity index (χ0) is 14.7. The Labute approximate surface area is 127 Å². The van der Waals surface area contributed by atoms with E-state index in [1.165, 1.54) is 11.1 Å². The third kappa shape index (κ3) is 3.34. The first-order valence-electron chi connectivity index (χ1n) is 7.72. The molecular weight excluding hydrogens is 256 g/mol. The van der Waals surface area contributed by atoms with E-state index in [9.17, 15) is 0 Å². The van der Waals surface area contributed by atoms with E-state index in [2.05, 4.69) is 84.7 Å². The molecule has 2 aromatic rings. The van der Waals surface area contributed by atoms with Crippen molar-refractivity contribution >= 4 is 0 Å². The molecule has 1 aliphatic heterocycles. The number of rotatable bonds is 3. The summed E-state index contributed by atoms with van der Waals surface area (Å²) in [6.07, 6.45) is 0. The molecule has 1 atom stereocenters. The average molecular weight is 280 g/mol. The van der Waals surface area contributed by atoms with Crippen molar-refractivity contribution in [3.05, 3.63) is 71.8 Å². The van der Waals surface area contributed by atoms with Gasteiger partial charge in [-0.2, -0.15) is 0 Å². The molecule has 1 aliphatic rings. The number of benzene rings is 2. The van der Waals surface area contributed by atoms with Crippen molar-refractivity contribution in [2.24, 2.45) is 0 Å². The molecule has 2 aromatic carbocycles. The molecule has 0 aliphatic carbocycles. The minimum absolute atomic E-state index is 0.182. The first-order valence-corrected chi connectivity index (χ1v) is 7.72. The Bertz CT molecular complexity index is 563. The molecule has 21 heavy (non-hydrogen) atoms. The van der Waals surface area contributed by atoms with E-state index >= 15 is 0 Å². The summed E-state index contributed by atoms with van der Waals surface area (Å²) < 4.78 is 0. The van der Waals surface area contributed by atoms with Crippen molar-refractivity contribution in [3.8, 4) is 0 Å². The van der Waals surface area contributed by atoms with E-state index in [1.807, 2.05) is 0 Å². The fourth-order valence-corrected chi connectivity index (χ4v) is 3.01. The van der Waals surface area contributed by atoms with E-state index in [4.69, 9.17) is 0 Å².